The highest BCUT2D eigenvalue weighted by Crippen LogP contribution is 2.46. The van der Waals surface area contributed by atoms with Crippen molar-refractivity contribution in [1.82, 2.24) is 38.5 Å². The van der Waals surface area contributed by atoms with E-state index in [4.69, 9.17) is 50.0 Å². The largest absolute Gasteiger partial charge is 0.462 e. The van der Waals surface area contributed by atoms with Gasteiger partial charge in [0.25, 0.3) is 0 Å². The molecular formula is C53H82N20O17. The number of aliphatic hydroxyl groups excluding tert-OH is 2. The van der Waals surface area contributed by atoms with E-state index in [0.717, 1.165) is 9.13 Å². The van der Waals surface area contributed by atoms with Crippen molar-refractivity contribution in [3.63, 3.8) is 0 Å². The number of carbonyl (C=O) groups excluding carboxylic acids is 4. The maximum Gasteiger partial charge on any atom is 0.351 e. The third kappa shape index (κ3) is 18.8. The fraction of sp³-hybridized carbons (Fsp3) is 0.660. The van der Waals surface area contributed by atoms with E-state index in [-0.39, 0.29) is 30.4 Å². The van der Waals surface area contributed by atoms with E-state index in [1.54, 1.807) is 114 Å². The molecule has 6 rings (SSSR count). The van der Waals surface area contributed by atoms with Crippen LogP contribution in [0.5, 0.6) is 0 Å². The van der Waals surface area contributed by atoms with Crippen LogP contribution in [0.25, 0.3) is 31.3 Å². The Morgan fingerprint density at radius 2 is 0.933 bits per heavy atom. The maximum absolute atomic E-state index is 12.8. The van der Waals surface area contributed by atoms with Gasteiger partial charge in [0.05, 0.1) is 49.1 Å². The first-order chi connectivity index (χ1) is 41.3. The van der Waals surface area contributed by atoms with Gasteiger partial charge < -0.3 is 64.4 Å². The summed E-state index contributed by atoms with van der Waals surface area (Å²) < 4.78 is 42.8. The van der Waals surface area contributed by atoms with Gasteiger partial charge in [-0.15, -0.1) is 0 Å². The number of aliphatic hydroxyl groups is 2. The van der Waals surface area contributed by atoms with Crippen molar-refractivity contribution < 1.29 is 68.0 Å². The summed E-state index contributed by atoms with van der Waals surface area (Å²) in [5, 5.41) is 30.5. The number of ether oxygens (including phenoxy) is 7. The number of esters is 4. The van der Waals surface area contributed by atoms with Crippen molar-refractivity contribution in [2.45, 2.75) is 138 Å². The topological polar surface area (TPSA) is 513 Å². The molecule has 0 spiro atoms. The molecule has 12 atom stereocenters. The predicted molar refractivity (Wildman–Crippen MR) is 322 cm³/mol. The number of azide groups is 3. The lowest BCUT2D eigenvalue weighted by molar-refractivity contribution is -0.181. The molecule has 0 radical (unpaired) electrons. The Kier molecular flexibility index (Phi) is 28.7. The van der Waals surface area contributed by atoms with E-state index in [0.29, 0.717) is 0 Å². The van der Waals surface area contributed by atoms with Gasteiger partial charge in [0, 0.05) is 79.3 Å². The van der Waals surface area contributed by atoms with Crippen LogP contribution in [-0.4, -0.2) is 174 Å². The Labute approximate surface area is 517 Å². The van der Waals surface area contributed by atoms with Gasteiger partial charge in [-0.05, 0) is 34.8 Å². The van der Waals surface area contributed by atoms with E-state index in [1.165, 1.54) is 54.0 Å². The number of nitrogen functional groups attached to an aromatic ring is 1. The summed E-state index contributed by atoms with van der Waals surface area (Å²) in [7, 11) is 7.12. The molecule has 6 N–H and O–H groups in total. The van der Waals surface area contributed by atoms with E-state index in [2.05, 4.69) is 55.0 Å². The number of aromatic nitrogens is 6. The lowest BCUT2D eigenvalue weighted by Crippen LogP contribution is -2.47. The van der Waals surface area contributed by atoms with Gasteiger partial charge in [-0.3, -0.25) is 32.9 Å². The first-order valence-corrected chi connectivity index (χ1v) is 27.5. The lowest BCUT2D eigenvalue weighted by atomic mass is 9.97. The smallest absolute Gasteiger partial charge is 0.351 e. The van der Waals surface area contributed by atoms with Crippen molar-refractivity contribution in [1.29, 1.82) is 0 Å². The van der Waals surface area contributed by atoms with E-state index >= 15 is 0 Å². The van der Waals surface area contributed by atoms with Crippen LogP contribution in [0.4, 0.5) is 17.5 Å². The summed E-state index contributed by atoms with van der Waals surface area (Å²) in [6.07, 6.45) is 0.714. The van der Waals surface area contributed by atoms with Gasteiger partial charge in [0.1, 0.15) is 49.9 Å². The summed E-state index contributed by atoms with van der Waals surface area (Å²) in [4.78, 5) is 117. The normalized spacial score (nSPS) is 25.7. The molecule has 3 saturated heterocycles. The van der Waals surface area contributed by atoms with Gasteiger partial charge in [-0.2, -0.15) is 15.0 Å². The number of hydrogen-bond donors (Lipinski definition) is 3. The fourth-order valence-electron chi connectivity index (χ4n) is 8.61. The van der Waals surface area contributed by atoms with Gasteiger partial charge in [0.15, 0.2) is 17.4 Å². The second kappa shape index (κ2) is 33.5. The quantitative estimate of drug-likeness (QED) is 0.0258. The van der Waals surface area contributed by atoms with Gasteiger partial charge in [0.2, 0.25) is 11.4 Å². The molecule has 3 fully saturated rings. The van der Waals surface area contributed by atoms with Crippen LogP contribution in [0.1, 0.15) is 102 Å². The molecule has 0 aromatic carbocycles. The molecule has 3 aromatic heterocycles. The summed E-state index contributed by atoms with van der Waals surface area (Å²) in [5.41, 5.74) is 25.0. The van der Waals surface area contributed by atoms with Crippen molar-refractivity contribution in [3.05, 3.63) is 99.6 Å². The first kappa shape index (κ1) is 77.0. The highest BCUT2D eigenvalue weighted by atomic mass is 16.6. The molecule has 0 amide bonds. The highest BCUT2D eigenvalue weighted by Gasteiger charge is 2.59. The molecule has 90 heavy (non-hydrogen) atoms. The second-order valence-electron chi connectivity index (χ2n) is 22.3. The summed E-state index contributed by atoms with van der Waals surface area (Å²) in [5.74, 6) is -5.57. The zero-order valence-corrected chi connectivity index (χ0v) is 51.9. The monoisotopic (exact) mass is 1270 g/mol. The number of rotatable bonds is 21. The van der Waals surface area contributed by atoms with Gasteiger partial charge in [-0.1, -0.05) is 98.9 Å². The average Bonchev–Trinajstić information content (AvgIpc) is 1.66. The van der Waals surface area contributed by atoms with Crippen molar-refractivity contribution >= 4 is 54.0 Å². The molecule has 0 bridgehead atoms. The Morgan fingerprint density at radius 3 is 1.24 bits per heavy atom. The first-order valence-electron chi connectivity index (χ1n) is 27.5. The molecule has 3 aliphatic rings. The molecule has 3 aromatic rings. The molecule has 3 aliphatic heterocycles. The lowest BCUT2D eigenvalue weighted by Gasteiger charge is -2.30. The molecule has 6 heterocycles. The number of anilines is 1. The predicted octanol–water partition coefficient (Wildman–Crippen LogP) is 3.97. The number of aliphatic imine (C=N–C) groups is 2. The van der Waals surface area contributed by atoms with E-state index in [9.17, 15) is 49.3 Å². The maximum atomic E-state index is 12.8. The average molecular weight is 1270 g/mol. The Balaban J connectivity index is 0.000000461. The minimum atomic E-state index is -1.88. The molecule has 0 saturated carbocycles. The third-order valence-corrected chi connectivity index (χ3v) is 13.4. The van der Waals surface area contributed by atoms with Crippen LogP contribution in [0.2, 0.25) is 0 Å². The minimum absolute atomic E-state index is 0. The minimum Gasteiger partial charge on any atom is -0.462 e. The number of hydrogen-bond acceptors (Lipinski definition) is 25. The van der Waals surface area contributed by atoms with Crippen LogP contribution in [0, 0.1) is 41.4 Å². The number of nitrogens with zero attached hydrogens (tertiary/aromatic N) is 19. The fourth-order valence-corrected chi connectivity index (χ4v) is 8.61. The Hall–Kier alpha value is -9.05. The standard InChI is InChI=1S/C21H31N7O6.C18H26N6O6.C13H19N7O4.CH4.H2O/c1-12(2)18(29)32-10-21(25-26-22)16(33-19(30)13(3)4)14(5)17(34-21)28-9-8-15(24-20(28)31)23-11-27(6)7;1-9(2)15(25)28-8-18(22-23-20)13(29-16(26)10(3)4)11(5)14(30-18)24-7-6-12(19)21-17(24)27;1-8-10(22)13(6-21,17-18-14)24-11(8)20-5-4-9(16-12(20)23)15-7-19(2)3;;/h8-9,11-14,16-17H,10H2,1-7H3;6-7,9-11,13-14H,8H2,1-5H3,(H2,19,21,27);4-5,7-8,10-11,21-22H,6H2,1-3H3;1H4;1H2/t14-,16-,17+,21+;11-,13-,14+,18+;8-,10-,11+,13+;;/m000../s1. The highest BCUT2D eigenvalue weighted by molar-refractivity contribution is 5.73. The zero-order chi connectivity index (χ0) is 66.2. The van der Waals surface area contributed by atoms with Gasteiger partial charge >= 0.3 is 40.9 Å². The second-order valence-corrected chi connectivity index (χ2v) is 22.3. The van der Waals surface area contributed by atoms with Crippen LogP contribution >= 0.6 is 0 Å². The van der Waals surface area contributed by atoms with Crippen LogP contribution in [0.3, 0.4) is 0 Å². The third-order valence-electron chi connectivity index (χ3n) is 13.4. The van der Waals surface area contributed by atoms with Gasteiger partial charge in [-0.25, -0.2) is 24.4 Å². The molecular weight excluding hydrogens is 1190 g/mol. The van der Waals surface area contributed by atoms with E-state index in [1.807, 2.05) is 0 Å². The summed E-state index contributed by atoms with van der Waals surface area (Å²) >= 11 is 0. The van der Waals surface area contributed by atoms with Crippen LogP contribution in [-0.2, 0) is 52.3 Å². The Bertz CT molecular complexity index is 3350. The zero-order valence-electron chi connectivity index (χ0n) is 51.9. The van der Waals surface area contributed by atoms with Crippen molar-refractivity contribution in [2.24, 2.45) is 66.8 Å². The molecule has 496 valence electrons. The van der Waals surface area contributed by atoms with Crippen molar-refractivity contribution in [3.8, 4) is 0 Å². The van der Waals surface area contributed by atoms with Crippen LogP contribution in [0.15, 0.2) is 76.5 Å². The van der Waals surface area contributed by atoms with Crippen LogP contribution < -0.4 is 22.8 Å². The Morgan fingerprint density at radius 1 is 0.611 bits per heavy atom. The number of nitrogens with two attached hydrogens (primary N) is 1. The summed E-state index contributed by atoms with van der Waals surface area (Å²) in [6.45, 7) is 16.4. The molecule has 37 heteroatoms. The molecule has 37 nitrogen and oxygen atoms in total. The number of carbonyl (C=O) groups is 4. The molecule has 0 aliphatic carbocycles. The molecule has 0 unspecified atom stereocenters. The SMILES string of the molecule is C.CC(C)C(=O)OC[C@@]1(N=[N+]=[N-])O[C@@H](n2ccc(N)nc2=O)[C@@H](C)[C@@H]1OC(=O)C(C)C.CC(C)C(=O)OC[C@@]1(N=[N+]=[N-])O[C@@H](n2ccc(N=CN(C)C)nc2=O)[C@@H](C)[C@@H]1OC(=O)C(C)C.C[C@@H]1[C@H](n2ccc(N=CN(C)C)nc2=O)O[C@@](CO)(N=[N+]=[N-])[C@H]1O.O. The van der Waals surface area contributed by atoms with E-state index < -0.39 is 156 Å². The summed E-state index contributed by atoms with van der Waals surface area (Å²) in [6, 6.07) is 4.42. The van der Waals surface area contributed by atoms with Crippen molar-refractivity contribution in [2.75, 3.05) is 53.7 Å².